The molecule has 19 heavy (non-hydrogen) atoms. The zero-order chi connectivity index (χ0) is 13.5. The van der Waals surface area contributed by atoms with E-state index in [1.54, 1.807) is 0 Å². The second-order valence-electron chi connectivity index (χ2n) is 5.73. The minimum atomic E-state index is -0.0432. The SMILES string of the molecule is CCOC(=O)C(CN1CCCCC1)N1CCCCC1. The summed E-state index contributed by atoms with van der Waals surface area (Å²) < 4.78 is 5.29. The van der Waals surface area contributed by atoms with E-state index in [0.717, 1.165) is 32.7 Å². The lowest BCUT2D eigenvalue weighted by Crippen LogP contribution is -2.51. The van der Waals surface area contributed by atoms with E-state index in [1.165, 1.54) is 38.5 Å². The quantitative estimate of drug-likeness (QED) is 0.713. The first kappa shape index (κ1) is 14.8. The van der Waals surface area contributed by atoms with Crippen LogP contribution in [-0.2, 0) is 9.53 Å². The van der Waals surface area contributed by atoms with Crippen LogP contribution < -0.4 is 0 Å². The van der Waals surface area contributed by atoms with E-state index in [1.807, 2.05) is 6.92 Å². The van der Waals surface area contributed by atoms with Crippen molar-refractivity contribution in [1.29, 1.82) is 0 Å². The smallest absolute Gasteiger partial charge is 0.324 e. The molecule has 2 aliphatic rings. The highest BCUT2D eigenvalue weighted by molar-refractivity contribution is 5.76. The van der Waals surface area contributed by atoms with E-state index >= 15 is 0 Å². The zero-order valence-electron chi connectivity index (χ0n) is 12.3. The van der Waals surface area contributed by atoms with Crippen molar-refractivity contribution < 1.29 is 9.53 Å². The Morgan fingerprint density at radius 1 is 1.00 bits per heavy atom. The fourth-order valence-corrected chi connectivity index (χ4v) is 3.19. The molecule has 2 rings (SSSR count). The normalized spacial score (nSPS) is 24.1. The first-order chi connectivity index (χ1) is 9.31. The van der Waals surface area contributed by atoms with E-state index in [4.69, 9.17) is 4.74 Å². The minimum Gasteiger partial charge on any atom is -0.465 e. The van der Waals surface area contributed by atoms with Gasteiger partial charge in [-0.1, -0.05) is 12.8 Å². The molecule has 0 N–H and O–H groups in total. The largest absolute Gasteiger partial charge is 0.465 e. The van der Waals surface area contributed by atoms with Gasteiger partial charge >= 0.3 is 5.97 Å². The molecule has 4 heteroatoms. The molecular weight excluding hydrogens is 240 g/mol. The fourth-order valence-electron chi connectivity index (χ4n) is 3.19. The fraction of sp³-hybridized carbons (Fsp3) is 0.933. The van der Waals surface area contributed by atoms with Gasteiger partial charge in [0.1, 0.15) is 6.04 Å². The van der Waals surface area contributed by atoms with Crippen LogP contribution in [0.25, 0.3) is 0 Å². The molecule has 0 spiro atoms. The van der Waals surface area contributed by atoms with Crippen molar-refractivity contribution in [3.8, 4) is 0 Å². The van der Waals surface area contributed by atoms with Gasteiger partial charge in [0.05, 0.1) is 6.61 Å². The molecule has 0 aromatic rings. The van der Waals surface area contributed by atoms with Gasteiger partial charge in [-0.15, -0.1) is 0 Å². The van der Waals surface area contributed by atoms with Crippen molar-refractivity contribution >= 4 is 5.97 Å². The van der Waals surface area contributed by atoms with Gasteiger partial charge in [0.15, 0.2) is 0 Å². The molecule has 0 aromatic heterocycles. The van der Waals surface area contributed by atoms with Crippen LogP contribution in [0.3, 0.4) is 0 Å². The number of carbonyl (C=O) groups excluding carboxylic acids is 1. The molecule has 0 saturated carbocycles. The van der Waals surface area contributed by atoms with Crippen molar-refractivity contribution in [3.63, 3.8) is 0 Å². The molecule has 2 aliphatic heterocycles. The molecule has 2 saturated heterocycles. The maximum absolute atomic E-state index is 12.2. The number of hydrogen-bond donors (Lipinski definition) is 0. The van der Waals surface area contributed by atoms with Crippen LogP contribution in [0.5, 0.6) is 0 Å². The van der Waals surface area contributed by atoms with Crippen molar-refractivity contribution in [2.75, 3.05) is 39.3 Å². The average Bonchev–Trinajstić information content (AvgIpc) is 2.47. The van der Waals surface area contributed by atoms with Crippen molar-refractivity contribution in [3.05, 3.63) is 0 Å². The molecule has 2 heterocycles. The van der Waals surface area contributed by atoms with Gasteiger partial charge in [0.25, 0.3) is 0 Å². The molecule has 2 fully saturated rings. The summed E-state index contributed by atoms with van der Waals surface area (Å²) in [5.41, 5.74) is 0. The van der Waals surface area contributed by atoms with Crippen LogP contribution in [0.2, 0.25) is 0 Å². The second-order valence-corrected chi connectivity index (χ2v) is 5.73. The van der Waals surface area contributed by atoms with E-state index in [-0.39, 0.29) is 12.0 Å². The highest BCUT2D eigenvalue weighted by atomic mass is 16.5. The molecule has 1 atom stereocenters. The maximum atomic E-state index is 12.2. The summed E-state index contributed by atoms with van der Waals surface area (Å²) in [4.78, 5) is 17.0. The lowest BCUT2D eigenvalue weighted by atomic mass is 10.1. The lowest BCUT2D eigenvalue weighted by molar-refractivity contribution is -0.151. The van der Waals surface area contributed by atoms with Gasteiger partial charge in [-0.2, -0.15) is 0 Å². The van der Waals surface area contributed by atoms with Crippen LogP contribution in [0.15, 0.2) is 0 Å². The highest BCUT2D eigenvalue weighted by Crippen LogP contribution is 2.16. The molecule has 0 aromatic carbocycles. The summed E-state index contributed by atoms with van der Waals surface area (Å²) in [6.45, 7) is 7.64. The molecule has 110 valence electrons. The Morgan fingerprint density at radius 2 is 1.58 bits per heavy atom. The van der Waals surface area contributed by atoms with Crippen LogP contribution in [0, 0.1) is 0 Å². The molecule has 1 unspecified atom stereocenters. The number of nitrogens with zero attached hydrogens (tertiary/aromatic N) is 2. The minimum absolute atomic E-state index is 0.0185. The van der Waals surface area contributed by atoms with Gasteiger partial charge in [-0.05, 0) is 58.8 Å². The second kappa shape index (κ2) is 7.85. The van der Waals surface area contributed by atoms with E-state index in [9.17, 15) is 4.79 Å². The summed E-state index contributed by atoms with van der Waals surface area (Å²) in [7, 11) is 0. The third-order valence-corrected chi connectivity index (χ3v) is 4.27. The van der Waals surface area contributed by atoms with Gasteiger partial charge in [0, 0.05) is 6.54 Å². The molecular formula is C15H28N2O2. The number of piperidine rings is 2. The van der Waals surface area contributed by atoms with Crippen molar-refractivity contribution in [2.24, 2.45) is 0 Å². The van der Waals surface area contributed by atoms with Gasteiger partial charge in [-0.3, -0.25) is 9.69 Å². The average molecular weight is 268 g/mol. The Hall–Kier alpha value is -0.610. The Kier molecular flexibility index (Phi) is 6.11. The van der Waals surface area contributed by atoms with Crippen LogP contribution in [-0.4, -0.2) is 61.1 Å². The predicted octanol–water partition coefficient (Wildman–Crippen LogP) is 1.89. The number of likely N-dealkylation sites (tertiary alicyclic amines) is 2. The number of rotatable bonds is 5. The number of hydrogen-bond acceptors (Lipinski definition) is 4. The number of carbonyl (C=O) groups is 1. The Bertz CT molecular complexity index is 271. The van der Waals surface area contributed by atoms with Crippen LogP contribution >= 0.6 is 0 Å². The monoisotopic (exact) mass is 268 g/mol. The van der Waals surface area contributed by atoms with Gasteiger partial charge in [-0.25, -0.2) is 0 Å². The van der Waals surface area contributed by atoms with Crippen molar-refractivity contribution in [1.82, 2.24) is 9.80 Å². The molecule has 0 bridgehead atoms. The van der Waals surface area contributed by atoms with Gasteiger partial charge in [0.2, 0.25) is 0 Å². The summed E-state index contributed by atoms with van der Waals surface area (Å²) in [6.07, 6.45) is 7.62. The van der Waals surface area contributed by atoms with E-state index < -0.39 is 0 Å². The number of esters is 1. The highest BCUT2D eigenvalue weighted by Gasteiger charge is 2.30. The Labute approximate surface area is 117 Å². The summed E-state index contributed by atoms with van der Waals surface area (Å²) in [6, 6.07) is -0.0432. The summed E-state index contributed by atoms with van der Waals surface area (Å²) in [5.74, 6) is -0.0185. The van der Waals surface area contributed by atoms with Crippen LogP contribution in [0.4, 0.5) is 0 Å². The lowest BCUT2D eigenvalue weighted by Gasteiger charge is -2.37. The van der Waals surface area contributed by atoms with Gasteiger partial charge < -0.3 is 9.64 Å². The summed E-state index contributed by atoms with van der Waals surface area (Å²) in [5, 5.41) is 0. The molecule has 4 nitrogen and oxygen atoms in total. The third kappa shape index (κ3) is 4.46. The van der Waals surface area contributed by atoms with Crippen molar-refractivity contribution in [2.45, 2.75) is 51.5 Å². The first-order valence-corrected chi connectivity index (χ1v) is 7.94. The predicted molar refractivity (Wildman–Crippen MR) is 76.1 cm³/mol. The Balaban J connectivity index is 1.93. The van der Waals surface area contributed by atoms with Crippen LogP contribution in [0.1, 0.15) is 45.4 Å². The topological polar surface area (TPSA) is 32.8 Å². The van der Waals surface area contributed by atoms with E-state index in [2.05, 4.69) is 9.80 Å². The number of ether oxygens (including phenoxy) is 1. The maximum Gasteiger partial charge on any atom is 0.324 e. The Morgan fingerprint density at radius 3 is 2.16 bits per heavy atom. The summed E-state index contributed by atoms with van der Waals surface area (Å²) >= 11 is 0. The van der Waals surface area contributed by atoms with E-state index in [0.29, 0.717) is 6.61 Å². The standard InChI is InChI=1S/C15H28N2O2/c1-2-19-15(18)14(17-11-7-4-8-12-17)13-16-9-5-3-6-10-16/h14H,2-13H2,1H3. The first-order valence-electron chi connectivity index (χ1n) is 7.94. The molecule has 0 aliphatic carbocycles. The molecule has 0 radical (unpaired) electrons. The third-order valence-electron chi connectivity index (χ3n) is 4.27. The zero-order valence-corrected chi connectivity index (χ0v) is 12.3. The molecule has 0 amide bonds.